The Morgan fingerprint density at radius 2 is 1.75 bits per heavy atom. The Balaban J connectivity index is 1.76. The van der Waals surface area contributed by atoms with Crippen LogP contribution in [0.1, 0.15) is 26.2 Å². The minimum Gasteiger partial charge on any atom is -0.481 e. The predicted octanol–water partition coefficient (Wildman–Crippen LogP) is 0.811. The molecule has 116 valence electrons. The van der Waals surface area contributed by atoms with Crippen LogP contribution in [0.4, 0.5) is 0 Å². The standard InChI is InChI=1S/C15H29N3O2/c1-3-4-15(14(19)20)5-6-18(13-15)12-11-17-9-7-16(2)8-10-17/h3-13H2,1-2H3,(H,19,20). The Morgan fingerprint density at radius 3 is 2.35 bits per heavy atom. The molecule has 0 bridgehead atoms. The highest BCUT2D eigenvalue weighted by Crippen LogP contribution is 2.35. The van der Waals surface area contributed by atoms with E-state index >= 15 is 0 Å². The molecule has 20 heavy (non-hydrogen) atoms. The molecule has 1 atom stereocenters. The van der Waals surface area contributed by atoms with Gasteiger partial charge in [0.2, 0.25) is 0 Å². The molecule has 0 aromatic heterocycles. The van der Waals surface area contributed by atoms with Gasteiger partial charge in [-0.2, -0.15) is 0 Å². The smallest absolute Gasteiger partial charge is 0.310 e. The first-order valence-electron chi connectivity index (χ1n) is 7.92. The highest BCUT2D eigenvalue weighted by atomic mass is 16.4. The second-order valence-corrected chi connectivity index (χ2v) is 6.51. The van der Waals surface area contributed by atoms with Gasteiger partial charge in [-0.1, -0.05) is 13.3 Å². The van der Waals surface area contributed by atoms with E-state index in [1.807, 2.05) is 0 Å². The van der Waals surface area contributed by atoms with Gasteiger partial charge in [-0.25, -0.2) is 0 Å². The van der Waals surface area contributed by atoms with Gasteiger partial charge in [0, 0.05) is 45.8 Å². The number of likely N-dealkylation sites (tertiary alicyclic amines) is 1. The van der Waals surface area contributed by atoms with Crippen molar-refractivity contribution in [1.82, 2.24) is 14.7 Å². The van der Waals surface area contributed by atoms with Crippen LogP contribution in [0.3, 0.4) is 0 Å². The molecule has 1 unspecified atom stereocenters. The zero-order valence-electron chi connectivity index (χ0n) is 13.0. The molecule has 0 spiro atoms. The average Bonchev–Trinajstić information content (AvgIpc) is 2.83. The molecule has 0 aromatic carbocycles. The van der Waals surface area contributed by atoms with Gasteiger partial charge in [0.15, 0.2) is 0 Å². The molecule has 0 aliphatic carbocycles. The topological polar surface area (TPSA) is 47.0 Å². The number of piperazine rings is 1. The van der Waals surface area contributed by atoms with Gasteiger partial charge < -0.3 is 14.9 Å². The lowest BCUT2D eigenvalue weighted by Gasteiger charge is -2.33. The Morgan fingerprint density at radius 1 is 1.10 bits per heavy atom. The molecular formula is C15H29N3O2. The fraction of sp³-hybridized carbons (Fsp3) is 0.933. The van der Waals surface area contributed by atoms with Gasteiger partial charge in [-0.15, -0.1) is 0 Å². The van der Waals surface area contributed by atoms with Crippen LogP contribution < -0.4 is 0 Å². The van der Waals surface area contributed by atoms with E-state index < -0.39 is 11.4 Å². The Hall–Kier alpha value is -0.650. The largest absolute Gasteiger partial charge is 0.481 e. The van der Waals surface area contributed by atoms with Crippen LogP contribution >= 0.6 is 0 Å². The van der Waals surface area contributed by atoms with Crippen LogP contribution in [0.25, 0.3) is 0 Å². The fourth-order valence-electron chi connectivity index (χ4n) is 3.47. The summed E-state index contributed by atoms with van der Waals surface area (Å²) in [6, 6.07) is 0. The van der Waals surface area contributed by atoms with Crippen molar-refractivity contribution in [1.29, 1.82) is 0 Å². The molecule has 2 aliphatic heterocycles. The summed E-state index contributed by atoms with van der Waals surface area (Å²) in [6.07, 6.45) is 2.59. The molecular weight excluding hydrogens is 254 g/mol. The van der Waals surface area contributed by atoms with E-state index in [9.17, 15) is 9.90 Å². The van der Waals surface area contributed by atoms with E-state index in [-0.39, 0.29) is 0 Å². The van der Waals surface area contributed by atoms with Crippen LogP contribution in [-0.4, -0.2) is 85.2 Å². The van der Waals surface area contributed by atoms with Crippen molar-refractivity contribution in [3.05, 3.63) is 0 Å². The molecule has 0 radical (unpaired) electrons. The summed E-state index contributed by atoms with van der Waals surface area (Å²) in [7, 11) is 2.17. The van der Waals surface area contributed by atoms with Crippen LogP contribution in [0.2, 0.25) is 0 Å². The van der Waals surface area contributed by atoms with Crippen LogP contribution in [0.5, 0.6) is 0 Å². The summed E-state index contributed by atoms with van der Waals surface area (Å²) in [4.78, 5) is 18.8. The maximum absolute atomic E-state index is 11.6. The zero-order chi connectivity index (χ0) is 14.6. The quantitative estimate of drug-likeness (QED) is 0.782. The lowest BCUT2D eigenvalue weighted by Crippen LogP contribution is -2.47. The SMILES string of the molecule is CCCC1(C(=O)O)CCN(CCN2CCN(C)CC2)C1. The summed E-state index contributed by atoms with van der Waals surface area (Å²) < 4.78 is 0. The number of carboxylic acid groups (broad SMARTS) is 1. The van der Waals surface area contributed by atoms with Crippen molar-refractivity contribution in [2.45, 2.75) is 26.2 Å². The Kier molecular flexibility index (Phi) is 5.41. The third-order valence-corrected chi connectivity index (χ3v) is 4.94. The van der Waals surface area contributed by atoms with Gasteiger partial charge in [0.05, 0.1) is 5.41 Å². The van der Waals surface area contributed by atoms with Crippen molar-refractivity contribution < 1.29 is 9.90 Å². The van der Waals surface area contributed by atoms with Gasteiger partial charge in [-0.3, -0.25) is 9.69 Å². The molecule has 0 amide bonds. The molecule has 2 heterocycles. The van der Waals surface area contributed by atoms with Crippen molar-refractivity contribution in [3.8, 4) is 0 Å². The van der Waals surface area contributed by atoms with Crippen LogP contribution in [0, 0.1) is 5.41 Å². The molecule has 2 rings (SSSR count). The Labute approximate surface area is 122 Å². The first kappa shape index (κ1) is 15.7. The van der Waals surface area contributed by atoms with Gasteiger partial charge in [0.25, 0.3) is 0 Å². The summed E-state index contributed by atoms with van der Waals surface area (Å²) in [6.45, 7) is 10.4. The van der Waals surface area contributed by atoms with Gasteiger partial charge in [-0.05, 0) is 26.4 Å². The minimum absolute atomic E-state index is 0.475. The number of nitrogens with zero attached hydrogens (tertiary/aromatic N) is 3. The van der Waals surface area contributed by atoms with Crippen LogP contribution in [0.15, 0.2) is 0 Å². The minimum atomic E-state index is -0.596. The number of rotatable bonds is 6. The second-order valence-electron chi connectivity index (χ2n) is 6.51. The van der Waals surface area contributed by atoms with Crippen molar-refractivity contribution in [2.24, 2.45) is 5.41 Å². The second kappa shape index (κ2) is 6.87. The fourth-order valence-corrected chi connectivity index (χ4v) is 3.47. The number of likely N-dealkylation sites (N-methyl/N-ethyl adjacent to an activating group) is 1. The normalized spacial score (nSPS) is 29.9. The summed E-state index contributed by atoms with van der Waals surface area (Å²) in [5.41, 5.74) is -0.475. The molecule has 2 aliphatic rings. The van der Waals surface area contributed by atoms with Crippen molar-refractivity contribution in [2.75, 3.05) is 59.4 Å². The average molecular weight is 283 g/mol. The number of carbonyl (C=O) groups is 1. The lowest BCUT2D eigenvalue weighted by atomic mass is 9.83. The first-order valence-corrected chi connectivity index (χ1v) is 7.92. The number of hydrogen-bond acceptors (Lipinski definition) is 4. The molecule has 0 saturated carbocycles. The van der Waals surface area contributed by atoms with E-state index in [1.165, 1.54) is 0 Å². The van der Waals surface area contributed by atoms with E-state index in [0.29, 0.717) is 0 Å². The van der Waals surface area contributed by atoms with Crippen LogP contribution in [-0.2, 0) is 4.79 Å². The van der Waals surface area contributed by atoms with Gasteiger partial charge in [0.1, 0.15) is 0 Å². The molecule has 5 nitrogen and oxygen atoms in total. The molecule has 1 N–H and O–H groups in total. The molecule has 2 saturated heterocycles. The maximum atomic E-state index is 11.6. The summed E-state index contributed by atoms with van der Waals surface area (Å²) in [5.74, 6) is -0.596. The van der Waals surface area contributed by atoms with E-state index in [2.05, 4.69) is 28.7 Å². The third-order valence-electron chi connectivity index (χ3n) is 4.94. The predicted molar refractivity (Wildman–Crippen MR) is 80.0 cm³/mol. The maximum Gasteiger partial charge on any atom is 0.310 e. The molecule has 0 aromatic rings. The van der Waals surface area contributed by atoms with Crippen molar-refractivity contribution in [3.63, 3.8) is 0 Å². The van der Waals surface area contributed by atoms with Gasteiger partial charge >= 0.3 is 5.97 Å². The monoisotopic (exact) mass is 283 g/mol. The lowest BCUT2D eigenvalue weighted by molar-refractivity contribution is -0.148. The van der Waals surface area contributed by atoms with E-state index in [1.54, 1.807) is 0 Å². The third kappa shape index (κ3) is 3.71. The number of hydrogen-bond donors (Lipinski definition) is 1. The molecule has 5 heteroatoms. The van der Waals surface area contributed by atoms with E-state index in [0.717, 1.165) is 71.6 Å². The summed E-state index contributed by atoms with van der Waals surface area (Å²) in [5, 5.41) is 9.52. The molecule has 2 fully saturated rings. The highest BCUT2D eigenvalue weighted by molar-refractivity contribution is 5.75. The zero-order valence-corrected chi connectivity index (χ0v) is 13.0. The number of carboxylic acids is 1. The highest BCUT2D eigenvalue weighted by Gasteiger charge is 2.43. The Bertz CT molecular complexity index is 329. The first-order chi connectivity index (χ1) is 9.55. The van der Waals surface area contributed by atoms with E-state index in [4.69, 9.17) is 0 Å². The summed E-state index contributed by atoms with van der Waals surface area (Å²) >= 11 is 0. The van der Waals surface area contributed by atoms with Crippen molar-refractivity contribution >= 4 is 5.97 Å². The number of aliphatic carboxylic acids is 1.